The Morgan fingerprint density at radius 2 is 2.00 bits per heavy atom. The lowest BCUT2D eigenvalue weighted by Gasteiger charge is -2.06. The van der Waals surface area contributed by atoms with E-state index in [0.717, 1.165) is 27.5 Å². The number of halogens is 1. The van der Waals surface area contributed by atoms with Crippen LogP contribution in [0.25, 0.3) is 11.5 Å². The van der Waals surface area contributed by atoms with E-state index in [1.807, 2.05) is 35.3 Å². The van der Waals surface area contributed by atoms with E-state index in [9.17, 15) is 0 Å². The number of aryl methyl sites for hydroxylation is 1. The highest BCUT2D eigenvalue weighted by Gasteiger charge is 2.14. The molecule has 5 nitrogen and oxygen atoms in total. The second-order valence-corrected chi connectivity index (χ2v) is 5.07. The van der Waals surface area contributed by atoms with Crippen molar-refractivity contribution in [1.29, 1.82) is 0 Å². The van der Waals surface area contributed by atoms with Gasteiger partial charge in [0.1, 0.15) is 4.60 Å². The third kappa shape index (κ3) is 1.56. The summed E-state index contributed by atoms with van der Waals surface area (Å²) in [5.74, 6) is 0.739. The first-order chi connectivity index (χ1) is 8.58. The van der Waals surface area contributed by atoms with Crippen LogP contribution in [0.1, 0.15) is 17.0 Å². The quantitative estimate of drug-likeness (QED) is 0.694. The normalized spacial score (nSPS) is 11.3. The molecule has 3 aromatic heterocycles. The van der Waals surface area contributed by atoms with Crippen molar-refractivity contribution in [2.45, 2.75) is 20.8 Å². The number of fused-ring (bicyclic) bond motifs is 1. The summed E-state index contributed by atoms with van der Waals surface area (Å²) in [5.41, 5.74) is 4.08. The molecule has 0 aliphatic carbocycles. The van der Waals surface area contributed by atoms with E-state index in [4.69, 9.17) is 0 Å². The van der Waals surface area contributed by atoms with Crippen LogP contribution < -0.4 is 0 Å². The number of rotatable bonds is 1. The van der Waals surface area contributed by atoms with E-state index in [1.54, 1.807) is 6.20 Å². The molecule has 0 spiro atoms. The van der Waals surface area contributed by atoms with Crippen LogP contribution in [0.4, 0.5) is 0 Å². The molecule has 0 radical (unpaired) electrons. The van der Waals surface area contributed by atoms with Crippen molar-refractivity contribution in [3.63, 3.8) is 0 Å². The highest BCUT2D eigenvalue weighted by molar-refractivity contribution is 9.10. The molecule has 6 heteroatoms. The van der Waals surface area contributed by atoms with Crippen molar-refractivity contribution in [3.8, 4) is 5.82 Å². The average Bonchev–Trinajstić information content (AvgIpc) is 2.88. The molecule has 18 heavy (non-hydrogen) atoms. The van der Waals surface area contributed by atoms with Gasteiger partial charge in [-0.15, -0.1) is 0 Å². The molecule has 0 unspecified atom stereocenters. The zero-order valence-electron chi connectivity index (χ0n) is 10.3. The molecule has 0 saturated heterocycles. The van der Waals surface area contributed by atoms with Crippen LogP contribution in [-0.2, 0) is 0 Å². The summed E-state index contributed by atoms with van der Waals surface area (Å²) in [6.45, 7) is 6.10. The molecule has 0 aliphatic heterocycles. The molecule has 0 aromatic carbocycles. The standard InChI is InChI=1S/C12H12BrN5/c1-7-8(2)16-18(9(7)3)12-11-14-4-5-17(11)6-10(13)15-12/h4-6H,1-3H3. The molecule has 92 valence electrons. The van der Waals surface area contributed by atoms with E-state index in [2.05, 4.69) is 37.9 Å². The molecule has 3 aromatic rings. The largest absolute Gasteiger partial charge is 0.301 e. The molecule has 0 amide bonds. The Labute approximate surface area is 113 Å². The Kier molecular flexibility index (Phi) is 2.48. The molecule has 3 rings (SSSR count). The smallest absolute Gasteiger partial charge is 0.198 e. The van der Waals surface area contributed by atoms with Crippen LogP contribution in [0.15, 0.2) is 23.2 Å². The number of nitrogens with zero attached hydrogens (tertiary/aromatic N) is 5. The lowest BCUT2D eigenvalue weighted by molar-refractivity contribution is 0.799. The Morgan fingerprint density at radius 1 is 1.22 bits per heavy atom. The van der Waals surface area contributed by atoms with Crippen molar-refractivity contribution in [1.82, 2.24) is 24.1 Å². The van der Waals surface area contributed by atoms with Crippen LogP contribution in [-0.4, -0.2) is 24.1 Å². The van der Waals surface area contributed by atoms with Gasteiger partial charge in [0.15, 0.2) is 11.5 Å². The fraction of sp³-hybridized carbons (Fsp3) is 0.250. The predicted octanol–water partition coefficient (Wildman–Crippen LogP) is 2.60. The van der Waals surface area contributed by atoms with E-state index in [0.29, 0.717) is 0 Å². The summed E-state index contributed by atoms with van der Waals surface area (Å²) in [4.78, 5) is 8.83. The summed E-state index contributed by atoms with van der Waals surface area (Å²) in [6, 6.07) is 0. The van der Waals surface area contributed by atoms with Gasteiger partial charge in [-0.1, -0.05) is 0 Å². The number of aromatic nitrogens is 5. The maximum absolute atomic E-state index is 4.53. The lowest BCUT2D eigenvalue weighted by Crippen LogP contribution is -2.05. The molecule has 3 heterocycles. The topological polar surface area (TPSA) is 48.0 Å². The minimum atomic E-state index is 0.739. The van der Waals surface area contributed by atoms with Crippen molar-refractivity contribution < 1.29 is 0 Å². The van der Waals surface area contributed by atoms with Crippen LogP contribution in [0, 0.1) is 20.8 Å². The Hall–Kier alpha value is -1.69. The fourth-order valence-corrected chi connectivity index (χ4v) is 2.34. The first-order valence-electron chi connectivity index (χ1n) is 5.60. The van der Waals surface area contributed by atoms with Crippen LogP contribution in [0.5, 0.6) is 0 Å². The Morgan fingerprint density at radius 3 is 2.67 bits per heavy atom. The van der Waals surface area contributed by atoms with Gasteiger partial charge in [0, 0.05) is 24.3 Å². The van der Waals surface area contributed by atoms with Gasteiger partial charge < -0.3 is 4.40 Å². The summed E-state index contributed by atoms with van der Waals surface area (Å²) in [7, 11) is 0. The molecule has 0 fully saturated rings. The minimum Gasteiger partial charge on any atom is -0.301 e. The van der Waals surface area contributed by atoms with Gasteiger partial charge >= 0.3 is 0 Å². The van der Waals surface area contributed by atoms with Crippen molar-refractivity contribution >= 4 is 21.6 Å². The van der Waals surface area contributed by atoms with Crippen molar-refractivity contribution in [3.05, 3.63) is 40.1 Å². The molecule has 0 atom stereocenters. The number of imidazole rings is 1. The molecule has 0 N–H and O–H groups in total. The van der Waals surface area contributed by atoms with Gasteiger partial charge in [-0.2, -0.15) is 5.10 Å². The second kappa shape index (κ2) is 3.91. The zero-order chi connectivity index (χ0) is 12.9. The monoisotopic (exact) mass is 305 g/mol. The van der Waals surface area contributed by atoms with Crippen LogP contribution >= 0.6 is 15.9 Å². The average molecular weight is 306 g/mol. The Bertz CT molecular complexity index is 740. The SMILES string of the molecule is Cc1nn(-c2nc(Br)cn3ccnc23)c(C)c1C. The predicted molar refractivity (Wildman–Crippen MR) is 72.0 cm³/mol. The molecule has 0 saturated carbocycles. The highest BCUT2D eigenvalue weighted by atomic mass is 79.9. The summed E-state index contributed by atoms with van der Waals surface area (Å²) in [6.07, 6.45) is 5.53. The Balaban J connectivity index is 2.37. The second-order valence-electron chi connectivity index (χ2n) is 4.25. The van der Waals surface area contributed by atoms with E-state index in [1.165, 1.54) is 5.56 Å². The van der Waals surface area contributed by atoms with E-state index < -0.39 is 0 Å². The number of hydrogen-bond donors (Lipinski definition) is 0. The molecule has 0 bridgehead atoms. The van der Waals surface area contributed by atoms with Crippen LogP contribution in [0.3, 0.4) is 0 Å². The summed E-state index contributed by atoms with van der Waals surface area (Å²) < 4.78 is 4.53. The molecule has 0 aliphatic rings. The zero-order valence-corrected chi connectivity index (χ0v) is 11.9. The first kappa shape index (κ1) is 11.4. The van der Waals surface area contributed by atoms with Gasteiger partial charge in [0.25, 0.3) is 0 Å². The maximum atomic E-state index is 4.53. The number of hydrogen-bond acceptors (Lipinski definition) is 3. The van der Waals surface area contributed by atoms with Gasteiger partial charge in [-0.3, -0.25) is 0 Å². The molecular weight excluding hydrogens is 294 g/mol. The van der Waals surface area contributed by atoms with Gasteiger partial charge in [-0.05, 0) is 42.3 Å². The third-order valence-electron chi connectivity index (χ3n) is 3.18. The van der Waals surface area contributed by atoms with Crippen molar-refractivity contribution in [2.75, 3.05) is 0 Å². The minimum absolute atomic E-state index is 0.739. The maximum Gasteiger partial charge on any atom is 0.198 e. The first-order valence-corrected chi connectivity index (χ1v) is 6.39. The highest BCUT2D eigenvalue weighted by Crippen LogP contribution is 2.20. The molecular formula is C12H12BrN5. The van der Waals surface area contributed by atoms with Gasteiger partial charge in [-0.25, -0.2) is 14.6 Å². The fourth-order valence-electron chi connectivity index (χ4n) is 1.95. The summed E-state index contributed by atoms with van der Waals surface area (Å²) >= 11 is 3.41. The van der Waals surface area contributed by atoms with Gasteiger partial charge in [0.2, 0.25) is 0 Å². The third-order valence-corrected chi connectivity index (χ3v) is 3.56. The van der Waals surface area contributed by atoms with Crippen LogP contribution in [0.2, 0.25) is 0 Å². The van der Waals surface area contributed by atoms with Gasteiger partial charge in [0.05, 0.1) is 5.69 Å². The van der Waals surface area contributed by atoms with Crippen molar-refractivity contribution in [2.24, 2.45) is 0 Å². The lowest BCUT2D eigenvalue weighted by atomic mass is 10.2. The summed E-state index contributed by atoms with van der Waals surface area (Å²) in [5, 5.41) is 4.53. The van der Waals surface area contributed by atoms with E-state index in [-0.39, 0.29) is 0 Å². The van der Waals surface area contributed by atoms with E-state index >= 15 is 0 Å².